The Morgan fingerprint density at radius 3 is 2.47 bits per heavy atom. The molecular formula is C14H16O3. The number of carbonyl (C=O) groups is 2. The lowest BCUT2D eigenvalue weighted by molar-refractivity contribution is -0.146. The van der Waals surface area contributed by atoms with Gasteiger partial charge in [-0.3, -0.25) is 9.59 Å². The monoisotopic (exact) mass is 232 g/mol. The Bertz CT molecular complexity index is 405. The summed E-state index contributed by atoms with van der Waals surface area (Å²) < 4.78 is 4.91. The summed E-state index contributed by atoms with van der Waals surface area (Å²) in [6.45, 7) is 3.66. The van der Waals surface area contributed by atoms with Gasteiger partial charge in [-0.25, -0.2) is 0 Å². The van der Waals surface area contributed by atoms with Crippen molar-refractivity contribution < 1.29 is 14.3 Å². The zero-order valence-electron chi connectivity index (χ0n) is 10.1. The van der Waals surface area contributed by atoms with E-state index in [0.717, 1.165) is 0 Å². The van der Waals surface area contributed by atoms with Crippen molar-refractivity contribution in [2.45, 2.75) is 13.8 Å². The third-order valence-corrected chi connectivity index (χ3v) is 2.12. The molecule has 0 amide bonds. The first-order chi connectivity index (χ1) is 8.11. The fourth-order valence-electron chi connectivity index (χ4n) is 1.15. The van der Waals surface area contributed by atoms with Crippen molar-refractivity contribution in [3.63, 3.8) is 0 Å². The first kappa shape index (κ1) is 13.2. The van der Waals surface area contributed by atoms with Crippen molar-refractivity contribution in [3.05, 3.63) is 48.0 Å². The highest BCUT2D eigenvalue weighted by Gasteiger charge is 2.06. The molecule has 1 rings (SSSR count). The Labute approximate surface area is 101 Å². The third-order valence-electron chi connectivity index (χ3n) is 2.12. The molecule has 3 nitrogen and oxygen atoms in total. The Morgan fingerprint density at radius 1 is 1.24 bits per heavy atom. The van der Waals surface area contributed by atoms with Crippen LogP contribution in [0, 0.1) is 5.92 Å². The SMILES string of the molecule is CC(C)C(=O)OC/C=C/C(=O)c1ccccc1. The van der Waals surface area contributed by atoms with Crippen LogP contribution in [0.2, 0.25) is 0 Å². The molecule has 0 atom stereocenters. The number of allylic oxidation sites excluding steroid dienone is 1. The van der Waals surface area contributed by atoms with Gasteiger partial charge in [0.2, 0.25) is 0 Å². The van der Waals surface area contributed by atoms with Crippen molar-refractivity contribution in [2.24, 2.45) is 5.92 Å². The highest BCUT2D eigenvalue weighted by atomic mass is 16.5. The van der Waals surface area contributed by atoms with Crippen molar-refractivity contribution >= 4 is 11.8 Å². The van der Waals surface area contributed by atoms with Crippen LogP contribution in [0.4, 0.5) is 0 Å². The average Bonchev–Trinajstić information content (AvgIpc) is 2.35. The molecule has 1 aromatic carbocycles. The molecule has 0 aromatic heterocycles. The maximum absolute atomic E-state index is 11.6. The Kier molecular flexibility index (Phi) is 5.14. The summed E-state index contributed by atoms with van der Waals surface area (Å²) in [7, 11) is 0. The predicted octanol–water partition coefficient (Wildman–Crippen LogP) is 2.62. The second-order valence-corrected chi connectivity index (χ2v) is 3.92. The summed E-state index contributed by atoms with van der Waals surface area (Å²) in [5, 5.41) is 0. The van der Waals surface area contributed by atoms with Crippen LogP contribution in [0.25, 0.3) is 0 Å². The molecule has 0 saturated heterocycles. The average molecular weight is 232 g/mol. The molecule has 0 saturated carbocycles. The van der Waals surface area contributed by atoms with Crippen LogP contribution in [0.3, 0.4) is 0 Å². The van der Waals surface area contributed by atoms with E-state index in [1.165, 1.54) is 6.08 Å². The van der Waals surface area contributed by atoms with Crippen LogP contribution in [-0.4, -0.2) is 18.4 Å². The molecule has 90 valence electrons. The van der Waals surface area contributed by atoms with Gasteiger partial charge in [0.05, 0.1) is 5.92 Å². The molecule has 0 aliphatic carbocycles. The highest BCUT2D eigenvalue weighted by Crippen LogP contribution is 2.01. The van der Waals surface area contributed by atoms with Crippen LogP contribution >= 0.6 is 0 Å². The van der Waals surface area contributed by atoms with Crippen molar-refractivity contribution in [3.8, 4) is 0 Å². The smallest absolute Gasteiger partial charge is 0.308 e. The molecule has 1 aromatic rings. The van der Waals surface area contributed by atoms with Crippen LogP contribution in [0.5, 0.6) is 0 Å². The van der Waals surface area contributed by atoms with E-state index < -0.39 is 0 Å². The van der Waals surface area contributed by atoms with Gasteiger partial charge in [0.15, 0.2) is 5.78 Å². The molecule has 0 heterocycles. The zero-order valence-corrected chi connectivity index (χ0v) is 10.1. The summed E-state index contributed by atoms with van der Waals surface area (Å²) in [6.07, 6.45) is 2.97. The van der Waals surface area contributed by atoms with E-state index in [-0.39, 0.29) is 24.3 Å². The largest absolute Gasteiger partial charge is 0.461 e. The fraction of sp³-hybridized carbons (Fsp3) is 0.286. The van der Waals surface area contributed by atoms with Gasteiger partial charge in [0.1, 0.15) is 6.61 Å². The topological polar surface area (TPSA) is 43.4 Å². The van der Waals surface area contributed by atoms with E-state index >= 15 is 0 Å². The number of ether oxygens (including phenoxy) is 1. The standard InChI is InChI=1S/C14H16O3/c1-11(2)14(16)17-10-6-9-13(15)12-7-4-3-5-8-12/h3-9,11H,10H2,1-2H3/b9-6+. The number of carbonyl (C=O) groups excluding carboxylic acids is 2. The molecule has 3 heteroatoms. The van der Waals surface area contributed by atoms with Gasteiger partial charge >= 0.3 is 5.97 Å². The number of hydrogen-bond donors (Lipinski definition) is 0. The summed E-state index contributed by atoms with van der Waals surface area (Å²) in [5.41, 5.74) is 0.624. The maximum atomic E-state index is 11.6. The normalized spacial score (nSPS) is 10.8. The molecule has 0 aliphatic heterocycles. The van der Waals surface area contributed by atoms with Crippen LogP contribution in [-0.2, 0) is 9.53 Å². The molecule has 0 bridgehead atoms. The molecular weight excluding hydrogens is 216 g/mol. The Morgan fingerprint density at radius 2 is 1.88 bits per heavy atom. The van der Waals surface area contributed by atoms with E-state index in [1.54, 1.807) is 44.2 Å². The second kappa shape index (κ2) is 6.63. The van der Waals surface area contributed by atoms with E-state index in [9.17, 15) is 9.59 Å². The van der Waals surface area contributed by atoms with Gasteiger partial charge in [0, 0.05) is 5.56 Å². The highest BCUT2D eigenvalue weighted by molar-refractivity contribution is 6.04. The van der Waals surface area contributed by atoms with E-state index in [4.69, 9.17) is 4.74 Å². The van der Waals surface area contributed by atoms with Crippen LogP contribution in [0.15, 0.2) is 42.5 Å². The van der Waals surface area contributed by atoms with Crippen molar-refractivity contribution in [1.82, 2.24) is 0 Å². The second-order valence-electron chi connectivity index (χ2n) is 3.92. The van der Waals surface area contributed by atoms with Gasteiger partial charge in [-0.2, -0.15) is 0 Å². The van der Waals surface area contributed by atoms with E-state index in [1.807, 2.05) is 6.07 Å². The zero-order chi connectivity index (χ0) is 12.7. The summed E-state index contributed by atoms with van der Waals surface area (Å²) in [4.78, 5) is 22.7. The van der Waals surface area contributed by atoms with Gasteiger partial charge in [0.25, 0.3) is 0 Å². The van der Waals surface area contributed by atoms with E-state index in [2.05, 4.69) is 0 Å². The summed E-state index contributed by atoms with van der Waals surface area (Å²) >= 11 is 0. The molecule has 0 N–H and O–H groups in total. The number of rotatable bonds is 5. The first-order valence-corrected chi connectivity index (χ1v) is 5.54. The van der Waals surface area contributed by atoms with Crippen molar-refractivity contribution in [1.29, 1.82) is 0 Å². The van der Waals surface area contributed by atoms with Gasteiger partial charge < -0.3 is 4.74 Å². The van der Waals surface area contributed by atoms with E-state index in [0.29, 0.717) is 5.56 Å². The Balaban J connectivity index is 2.40. The minimum absolute atomic E-state index is 0.0915. The summed E-state index contributed by atoms with van der Waals surface area (Å²) in [6, 6.07) is 8.95. The molecule has 0 fully saturated rings. The molecule has 0 spiro atoms. The quantitative estimate of drug-likeness (QED) is 0.445. The third kappa shape index (κ3) is 4.64. The molecule has 17 heavy (non-hydrogen) atoms. The minimum Gasteiger partial charge on any atom is -0.461 e. The number of ketones is 1. The Hall–Kier alpha value is -1.90. The first-order valence-electron chi connectivity index (χ1n) is 5.54. The number of benzene rings is 1. The molecule has 0 radical (unpaired) electrons. The molecule has 0 unspecified atom stereocenters. The number of hydrogen-bond acceptors (Lipinski definition) is 3. The molecule has 0 aliphatic rings. The maximum Gasteiger partial charge on any atom is 0.308 e. The summed E-state index contributed by atoms with van der Waals surface area (Å²) in [5.74, 6) is -0.499. The lowest BCUT2D eigenvalue weighted by Crippen LogP contribution is -2.11. The van der Waals surface area contributed by atoms with Gasteiger partial charge in [-0.05, 0) is 12.2 Å². The fourth-order valence-corrected chi connectivity index (χ4v) is 1.15. The lowest BCUT2D eigenvalue weighted by atomic mass is 10.1. The van der Waals surface area contributed by atoms with Crippen LogP contribution in [0.1, 0.15) is 24.2 Å². The number of esters is 1. The van der Waals surface area contributed by atoms with Gasteiger partial charge in [-0.1, -0.05) is 44.2 Å². The minimum atomic E-state index is -0.262. The lowest BCUT2D eigenvalue weighted by Gasteiger charge is -2.03. The van der Waals surface area contributed by atoms with Crippen LogP contribution < -0.4 is 0 Å². The van der Waals surface area contributed by atoms with Crippen molar-refractivity contribution in [2.75, 3.05) is 6.61 Å². The predicted molar refractivity (Wildman–Crippen MR) is 65.7 cm³/mol. The van der Waals surface area contributed by atoms with Gasteiger partial charge in [-0.15, -0.1) is 0 Å².